The molecule has 0 spiro atoms. The summed E-state index contributed by atoms with van der Waals surface area (Å²) in [6, 6.07) is 30.1. The summed E-state index contributed by atoms with van der Waals surface area (Å²) in [6.45, 7) is 0.427. The molecule has 0 aliphatic carbocycles. The predicted molar refractivity (Wildman–Crippen MR) is 129 cm³/mol. The van der Waals surface area contributed by atoms with Crippen LogP contribution in [0.25, 0.3) is 0 Å². The van der Waals surface area contributed by atoms with Crippen LogP contribution in [0, 0.1) is 0 Å². The van der Waals surface area contributed by atoms with Crippen molar-refractivity contribution >= 4 is 29.1 Å². The Hall–Kier alpha value is -4.71. The van der Waals surface area contributed by atoms with Gasteiger partial charge in [-0.3, -0.25) is 14.4 Å². The number of nitrogens with zero attached hydrogens (tertiary/aromatic N) is 1. The number of imide groups is 1. The van der Waals surface area contributed by atoms with Gasteiger partial charge in [0.2, 0.25) is 0 Å². The zero-order valence-corrected chi connectivity index (χ0v) is 18.1. The Morgan fingerprint density at radius 1 is 0.735 bits per heavy atom. The molecule has 1 N–H and O–H groups in total. The summed E-state index contributed by atoms with van der Waals surface area (Å²) in [4.78, 5) is 40.0. The molecule has 0 bridgehead atoms. The van der Waals surface area contributed by atoms with Crippen LogP contribution in [0.2, 0.25) is 0 Å². The maximum Gasteiger partial charge on any atom is 0.268 e. The van der Waals surface area contributed by atoms with Crippen molar-refractivity contribution < 1.29 is 19.1 Å². The molecule has 6 heteroatoms. The van der Waals surface area contributed by atoms with Crippen LogP contribution in [0.1, 0.15) is 36.6 Å². The van der Waals surface area contributed by atoms with Crippen molar-refractivity contribution in [3.8, 4) is 5.75 Å². The van der Waals surface area contributed by atoms with E-state index < -0.39 is 11.8 Å². The normalized spacial score (nSPS) is 12.4. The second-order valence-corrected chi connectivity index (χ2v) is 7.76. The highest BCUT2D eigenvalue weighted by Gasteiger charge is 2.38. The third kappa shape index (κ3) is 4.04. The van der Waals surface area contributed by atoms with Gasteiger partial charge >= 0.3 is 0 Å². The van der Waals surface area contributed by atoms with Crippen molar-refractivity contribution in [3.05, 3.63) is 125 Å². The van der Waals surface area contributed by atoms with E-state index in [1.165, 1.54) is 0 Å². The van der Waals surface area contributed by atoms with E-state index in [4.69, 9.17) is 4.74 Å². The molecule has 4 aromatic carbocycles. The van der Waals surface area contributed by atoms with Gasteiger partial charge in [0.15, 0.2) is 0 Å². The summed E-state index contributed by atoms with van der Waals surface area (Å²) in [6.07, 6.45) is 0. The number of carbonyl (C=O) groups is 3. The molecule has 0 radical (unpaired) electrons. The average Bonchev–Trinajstić information content (AvgIpc) is 3.14. The third-order valence-electron chi connectivity index (χ3n) is 5.54. The quantitative estimate of drug-likeness (QED) is 0.405. The summed E-state index contributed by atoms with van der Waals surface area (Å²) < 4.78 is 5.77. The van der Waals surface area contributed by atoms with Crippen LogP contribution in [-0.4, -0.2) is 17.7 Å². The van der Waals surface area contributed by atoms with E-state index in [9.17, 15) is 14.4 Å². The number of rotatable bonds is 6. The first-order valence-electron chi connectivity index (χ1n) is 10.8. The van der Waals surface area contributed by atoms with E-state index in [1.54, 1.807) is 66.7 Å². The van der Waals surface area contributed by atoms with E-state index in [2.05, 4.69) is 5.32 Å². The highest BCUT2D eigenvalue weighted by molar-refractivity contribution is 6.36. The fourth-order valence-electron chi connectivity index (χ4n) is 3.84. The van der Waals surface area contributed by atoms with Crippen molar-refractivity contribution in [1.29, 1.82) is 0 Å². The Labute approximate surface area is 196 Å². The zero-order chi connectivity index (χ0) is 23.5. The van der Waals surface area contributed by atoms with E-state index in [1.807, 2.05) is 36.4 Å². The minimum atomic E-state index is -0.466. The Kier molecular flexibility index (Phi) is 5.62. The monoisotopic (exact) mass is 448 g/mol. The van der Waals surface area contributed by atoms with Gasteiger partial charge in [-0.25, -0.2) is 4.90 Å². The lowest BCUT2D eigenvalue weighted by atomic mass is 10.1. The molecule has 1 heterocycles. The molecule has 0 unspecified atom stereocenters. The van der Waals surface area contributed by atoms with Crippen LogP contribution in [0.15, 0.2) is 103 Å². The maximum atomic E-state index is 13.1. The number of ether oxygens (including phenoxy) is 1. The van der Waals surface area contributed by atoms with Gasteiger partial charge in [-0.1, -0.05) is 54.6 Å². The number of para-hydroxylation sites is 1. The molecular formula is C28H20N2O4. The molecular weight excluding hydrogens is 428 g/mol. The first-order valence-corrected chi connectivity index (χ1v) is 10.8. The molecule has 0 saturated heterocycles. The van der Waals surface area contributed by atoms with Gasteiger partial charge in [0.1, 0.15) is 12.4 Å². The molecule has 4 aromatic rings. The average molecular weight is 448 g/mol. The largest absolute Gasteiger partial charge is 0.489 e. The SMILES string of the molecule is O=C(Nc1cccc2c1C(=O)N(c1ccccc1)C2=O)c1ccc(OCc2ccccc2)cc1. The van der Waals surface area contributed by atoms with Crippen molar-refractivity contribution in [1.82, 2.24) is 0 Å². The number of nitrogens with one attached hydrogen (secondary N) is 1. The van der Waals surface area contributed by atoms with E-state index in [0.717, 1.165) is 10.5 Å². The van der Waals surface area contributed by atoms with Gasteiger partial charge in [0, 0.05) is 5.56 Å². The van der Waals surface area contributed by atoms with Gasteiger partial charge < -0.3 is 10.1 Å². The van der Waals surface area contributed by atoms with Crippen LogP contribution in [0.3, 0.4) is 0 Å². The fraction of sp³-hybridized carbons (Fsp3) is 0.0357. The molecule has 3 amide bonds. The smallest absolute Gasteiger partial charge is 0.268 e. The highest BCUT2D eigenvalue weighted by Crippen LogP contribution is 2.33. The number of amides is 3. The molecule has 1 aliphatic rings. The summed E-state index contributed by atoms with van der Waals surface area (Å²) >= 11 is 0. The molecule has 0 fully saturated rings. The minimum Gasteiger partial charge on any atom is -0.489 e. The van der Waals surface area contributed by atoms with Gasteiger partial charge in [-0.2, -0.15) is 0 Å². The topological polar surface area (TPSA) is 75.7 Å². The molecule has 0 atom stereocenters. The van der Waals surface area contributed by atoms with Crippen LogP contribution >= 0.6 is 0 Å². The Morgan fingerprint density at radius 2 is 1.41 bits per heavy atom. The molecule has 34 heavy (non-hydrogen) atoms. The second kappa shape index (κ2) is 9.03. The van der Waals surface area contributed by atoms with Gasteiger partial charge in [0.25, 0.3) is 17.7 Å². The first kappa shape index (κ1) is 21.2. The molecule has 6 nitrogen and oxygen atoms in total. The van der Waals surface area contributed by atoms with Crippen molar-refractivity contribution in [2.45, 2.75) is 6.61 Å². The van der Waals surface area contributed by atoms with Gasteiger partial charge in [-0.05, 0) is 54.1 Å². The number of hydrogen-bond acceptors (Lipinski definition) is 4. The number of hydrogen-bond donors (Lipinski definition) is 1. The van der Waals surface area contributed by atoms with Crippen molar-refractivity contribution in [2.24, 2.45) is 0 Å². The Balaban J connectivity index is 1.32. The van der Waals surface area contributed by atoms with Crippen LogP contribution in [-0.2, 0) is 6.61 Å². The van der Waals surface area contributed by atoms with E-state index >= 15 is 0 Å². The van der Waals surface area contributed by atoms with Crippen molar-refractivity contribution in [2.75, 3.05) is 10.2 Å². The van der Waals surface area contributed by atoms with E-state index in [0.29, 0.717) is 29.3 Å². The van der Waals surface area contributed by atoms with Gasteiger partial charge in [0.05, 0.1) is 22.5 Å². The summed E-state index contributed by atoms with van der Waals surface area (Å²) in [5.74, 6) is -0.629. The molecule has 166 valence electrons. The molecule has 5 rings (SSSR count). The first-order chi connectivity index (χ1) is 16.6. The van der Waals surface area contributed by atoms with Crippen LogP contribution in [0.4, 0.5) is 11.4 Å². The molecule has 0 aromatic heterocycles. The fourth-order valence-corrected chi connectivity index (χ4v) is 3.84. The second-order valence-electron chi connectivity index (χ2n) is 7.76. The molecule has 0 saturated carbocycles. The number of carbonyl (C=O) groups excluding carboxylic acids is 3. The summed E-state index contributed by atoms with van der Waals surface area (Å²) in [5, 5.41) is 2.78. The summed E-state index contributed by atoms with van der Waals surface area (Å²) in [5.41, 5.74) is 2.68. The zero-order valence-electron chi connectivity index (χ0n) is 18.1. The van der Waals surface area contributed by atoms with Crippen LogP contribution in [0.5, 0.6) is 5.75 Å². The minimum absolute atomic E-state index is 0.188. The summed E-state index contributed by atoms with van der Waals surface area (Å²) in [7, 11) is 0. The Bertz CT molecular complexity index is 1370. The Morgan fingerprint density at radius 3 is 2.12 bits per heavy atom. The number of anilines is 2. The lowest BCUT2D eigenvalue weighted by Gasteiger charge is -2.14. The predicted octanol–water partition coefficient (Wildman–Crippen LogP) is 5.32. The number of fused-ring (bicyclic) bond motifs is 1. The maximum absolute atomic E-state index is 13.1. The highest BCUT2D eigenvalue weighted by atomic mass is 16.5. The third-order valence-corrected chi connectivity index (χ3v) is 5.54. The van der Waals surface area contributed by atoms with Gasteiger partial charge in [-0.15, -0.1) is 0 Å². The lowest BCUT2D eigenvalue weighted by Crippen LogP contribution is -2.29. The number of benzene rings is 4. The standard InChI is InChI=1S/C28H20N2O4/c31-26(20-14-16-22(17-15-20)34-18-19-8-3-1-4-9-19)29-24-13-7-12-23-25(24)28(33)30(27(23)32)21-10-5-2-6-11-21/h1-17H,18H2,(H,29,31). The molecule has 1 aliphatic heterocycles. The lowest BCUT2D eigenvalue weighted by molar-refractivity contribution is 0.0926. The van der Waals surface area contributed by atoms with Crippen molar-refractivity contribution in [3.63, 3.8) is 0 Å². The van der Waals surface area contributed by atoms with Crippen LogP contribution < -0.4 is 15.0 Å². The van der Waals surface area contributed by atoms with E-state index in [-0.39, 0.29) is 17.0 Å².